The van der Waals surface area contributed by atoms with Crippen molar-refractivity contribution < 1.29 is 14.3 Å². The normalized spacial score (nSPS) is 11.9. The van der Waals surface area contributed by atoms with E-state index >= 15 is 0 Å². The Balaban J connectivity index is 2.41. The molecular formula is C11H14O3. The third-order valence-corrected chi connectivity index (χ3v) is 1.76. The number of ether oxygens (including phenoxy) is 2. The number of hydrogen-bond donors (Lipinski definition) is 0. The summed E-state index contributed by atoms with van der Waals surface area (Å²) in [4.78, 5) is 10.9. The second kappa shape index (κ2) is 5.27. The van der Waals surface area contributed by atoms with E-state index in [1.54, 1.807) is 0 Å². The van der Waals surface area contributed by atoms with E-state index in [2.05, 4.69) is 4.74 Å². The Kier molecular flexibility index (Phi) is 3.98. The molecule has 3 nitrogen and oxygen atoms in total. The number of methoxy groups -OCH3 is 1. The monoisotopic (exact) mass is 194 g/mol. The highest BCUT2D eigenvalue weighted by molar-refractivity contribution is 5.69. The van der Waals surface area contributed by atoms with E-state index in [9.17, 15) is 4.79 Å². The Morgan fingerprint density at radius 2 is 2.00 bits per heavy atom. The van der Waals surface area contributed by atoms with Crippen LogP contribution >= 0.6 is 0 Å². The van der Waals surface area contributed by atoms with Crippen LogP contribution in [0, 0.1) is 0 Å². The first-order valence-electron chi connectivity index (χ1n) is 4.51. The molecule has 76 valence electrons. The maximum Gasteiger partial charge on any atom is 0.309 e. The minimum Gasteiger partial charge on any atom is -0.490 e. The molecule has 0 N–H and O–H groups in total. The average Bonchev–Trinajstić information content (AvgIpc) is 2.19. The molecule has 0 saturated carbocycles. The summed E-state index contributed by atoms with van der Waals surface area (Å²) in [6.07, 6.45) is 0.107. The largest absolute Gasteiger partial charge is 0.490 e. The number of para-hydroxylation sites is 1. The van der Waals surface area contributed by atoms with Gasteiger partial charge >= 0.3 is 5.97 Å². The third-order valence-electron chi connectivity index (χ3n) is 1.76. The van der Waals surface area contributed by atoms with Gasteiger partial charge in [0.05, 0.1) is 13.5 Å². The highest BCUT2D eigenvalue weighted by Crippen LogP contribution is 2.12. The van der Waals surface area contributed by atoms with Gasteiger partial charge in [0.1, 0.15) is 11.9 Å². The summed E-state index contributed by atoms with van der Waals surface area (Å²) in [6.45, 7) is 1.84. The van der Waals surface area contributed by atoms with E-state index < -0.39 is 0 Å². The fourth-order valence-electron chi connectivity index (χ4n) is 1.09. The van der Waals surface area contributed by atoms with Gasteiger partial charge in [0, 0.05) is 0 Å². The first-order valence-corrected chi connectivity index (χ1v) is 4.51. The highest BCUT2D eigenvalue weighted by Gasteiger charge is 2.09. The number of carbonyl (C=O) groups excluding carboxylic acids is 1. The van der Waals surface area contributed by atoms with Crippen LogP contribution in [0.25, 0.3) is 0 Å². The SMILES string of the molecule is COC(=O)CC(C)Oc1ccccc1. The minimum absolute atomic E-state index is 0.162. The van der Waals surface area contributed by atoms with Crippen molar-refractivity contribution in [3.8, 4) is 5.75 Å². The molecule has 0 aliphatic carbocycles. The molecule has 14 heavy (non-hydrogen) atoms. The molecule has 3 heteroatoms. The van der Waals surface area contributed by atoms with Gasteiger partial charge in [0.2, 0.25) is 0 Å². The molecule has 0 bridgehead atoms. The molecule has 1 aromatic rings. The van der Waals surface area contributed by atoms with Crippen molar-refractivity contribution in [1.29, 1.82) is 0 Å². The fraction of sp³-hybridized carbons (Fsp3) is 0.364. The van der Waals surface area contributed by atoms with Gasteiger partial charge < -0.3 is 9.47 Å². The van der Waals surface area contributed by atoms with Crippen LogP contribution in [0.2, 0.25) is 0 Å². The van der Waals surface area contributed by atoms with Crippen LogP contribution in [0.5, 0.6) is 5.75 Å². The van der Waals surface area contributed by atoms with Crippen LogP contribution in [-0.4, -0.2) is 19.2 Å². The van der Waals surface area contributed by atoms with E-state index in [1.165, 1.54) is 7.11 Å². The van der Waals surface area contributed by atoms with Crippen molar-refractivity contribution >= 4 is 5.97 Å². The van der Waals surface area contributed by atoms with E-state index in [0.29, 0.717) is 0 Å². The van der Waals surface area contributed by atoms with Gasteiger partial charge in [-0.25, -0.2) is 0 Å². The number of carbonyl (C=O) groups is 1. The molecule has 1 atom stereocenters. The number of benzene rings is 1. The zero-order valence-electron chi connectivity index (χ0n) is 8.40. The smallest absolute Gasteiger partial charge is 0.309 e. The van der Waals surface area contributed by atoms with Crippen molar-refractivity contribution in [2.45, 2.75) is 19.4 Å². The molecule has 1 unspecified atom stereocenters. The second-order valence-corrected chi connectivity index (χ2v) is 3.02. The number of esters is 1. The molecule has 1 rings (SSSR count). The molecule has 0 radical (unpaired) electrons. The second-order valence-electron chi connectivity index (χ2n) is 3.02. The van der Waals surface area contributed by atoms with Crippen LogP contribution in [0.4, 0.5) is 0 Å². The first-order chi connectivity index (χ1) is 6.72. The lowest BCUT2D eigenvalue weighted by Crippen LogP contribution is -2.17. The van der Waals surface area contributed by atoms with E-state index in [-0.39, 0.29) is 18.5 Å². The standard InChI is InChI=1S/C11H14O3/c1-9(8-11(12)13-2)14-10-6-4-3-5-7-10/h3-7,9H,8H2,1-2H3. The molecule has 0 aromatic heterocycles. The van der Waals surface area contributed by atoms with Crippen molar-refractivity contribution in [2.75, 3.05) is 7.11 Å². The van der Waals surface area contributed by atoms with E-state index in [1.807, 2.05) is 37.3 Å². The van der Waals surface area contributed by atoms with Crippen molar-refractivity contribution in [2.24, 2.45) is 0 Å². The van der Waals surface area contributed by atoms with Gasteiger partial charge in [0.15, 0.2) is 0 Å². The third kappa shape index (κ3) is 3.47. The van der Waals surface area contributed by atoms with Crippen molar-refractivity contribution in [1.82, 2.24) is 0 Å². The van der Waals surface area contributed by atoms with E-state index in [0.717, 1.165) is 5.75 Å². The molecule has 0 spiro atoms. The Bertz CT molecular complexity index is 282. The molecule has 0 aliphatic rings. The molecule has 0 heterocycles. The number of rotatable bonds is 4. The quantitative estimate of drug-likeness (QED) is 0.688. The van der Waals surface area contributed by atoms with Crippen molar-refractivity contribution in [3.05, 3.63) is 30.3 Å². The van der Waals surface area contributed by atoms with Crippen molar-refractivity contribution in [3.63, 3.8) is 0 Å². The molecular weight excluding hydrogens is 180 g/mol. The summed E-state index contributed by atoms with van der Waals surface area (Å²) in [5.41, 5.74) is 0. The zero-order chi connectivity index (χ0) is 10.4. The molecule has 1 aromatic carbocycles. The summed E-state index contributed by atoms with van der Waals surface area (Å²) in [5, 5.41) is 0. The lowest BCUT2D eigenvalue weighted by molar-refractivity contribution is -0.142. The van der Waals surface area contributed by atoms with Gasteiger partial charge in [-0.05, 0) is 19.1 Å². The fourth-order valence-corrected chi connectivity index (χ4v) is 1.09. The van der Waals surface area contributed by atoms with E-state index in [4.69, 9.17) is 4.74 Å². The number of hydrogen-bond acceptors (Lipinski definition) is 3. The maximum absolute atomic E-state index is 10.9. The van der Waals surface area contributed by atoms with Crippen LogP contribution < -0.4 is 4.74 Å². The Labute approximate surface area is 83.6 Å². The predicted octanol–water partition coefficient (Wildman–Crippen LogP) is 2.02. The van der Waals surface area contributed by atoms with Gasteiger partial charge in [0.25, 0.3) is 0 Å². The Morgan fingerprint density at radius 1 is 1.36 bits per heavy atom. The highest BCUT2D eigenvalue weighted by atomic mass is 16.5. The Morgan fingerprint density at radius 3 is 2.57 bits per heavy atom. The maximum atomic E-state index is 10.9. The summed E-state index contributed by atoms with van der Waals surface area (Å²) in [5.74, 6) is 0.511. The summed E-state index contributed by atoms with van der Waals surface area (Å²) in [6, 6.07) is 9.40. The topological polar surface area (TPSA) is 35.5 Å². The minimum atomic E-state index is -0.256. The average molecular weight is 194 g/mol. The molecule has 0 fully saturated rings. The zero-order valence-corrected chi connectivity index (χ0v) is 8.40. The van der Waals surface area contributed by atoms with Gasteiger partial charge in [-0.1, -0.05) is 18.2 Å². The molecule has 0 amide bonds. The van der Waals surface area contributed by atoms with Crippen LogP contribution in [0.3, 0.4) is 0 Å². The summed E-state index contributed by atoms with van der Waals surface area (Å²) < 4.78 is 10.0. The first kappa shape index (κ1) is 10.6. The van der Waals surface area contributed by atoms with Gasteiger partial charge in [-0.3, -0.25) is 4.79 Å². The summed E-state index contributed by atoms with van der Waals surface area (Å²) >= 11 is 0. The van der Waals surface area contributed by atoms with Crippen LogP contribution in [0.15, 0.2) is 30.3 Å². The van der Waals surface area contributed by atoms with Crippen LogP contribution in [-0.2, 0) is 9.53 Å². The lowest BCUT2D eigenvalue weighted by atomic mass is 10.3. The summed E-state index contributed by atoms with van der Waals surface area (Å²) in [7, 11) is 1.37. The van der Waals surface area contributed by atoms with Gasteiger partial charge in [-0.2, -0.15) is 0 Å². The Hall–Kier alpha value is -1.51. The van der Waals surface area contributed by atoms with Gasteiger partial charge in [-0.15, -0.1) is 0 Å². The predicted molar refractivity (Wildman–Crippen MR) is 53.2 cm³/mol. The molecule has 0 aliphatic heterocycles. The lowest BCUT2D eigenvalue weighted by Gasteiger charge is -2.12. The van der Waals surface area contributed by atoms with Crippen LogP contribution in [0.1, 0.15) is 13.3 Å². The molecule has 0 saturated heterocycles.